The van der Waals surface area contributed by atoms with E-state index in [9.17, 15) is 18.0 Å². The third-order valence-electron chi connectivity index (χ3n) is 6.99. The van der Waals surface area contributed by atoms with Crippen LogP contribution in [0.15, 0.2) is 28.1 Å². The van der Waals surface area contributed by atoms with Crippen molar-refractivity contribution in [2.75, 3.05) is 25.0 Å². The van der Waals surface area contributed by atoms with E-state index in [4.69, 9.17) is 11.5 Å². The molecule has 0 saturated carbocycles. The smallest absolute Gasteiger partial charge is 0.269 e. The number of anilines is 1. The number of para-hydroxylation sites is 1. The van der Waals surface area contributed by atoms with Crippen LogP contribution in [0, 0.1) is 11.8 Å². The predicted octanol–water partition coefficient (Wildman–Crippen LogP) is 0.871. The molecule has 5 N–H and O–H groups in total. The Bertz CT molecular complexity index is 1100. The summed E-state index contributed by atoms with van der Waals surface area (Å²) >= 11 is 0. The Morgan fingerprint density at radius 2 is 1.94 bits per heavy atom. The molecule has 34 heavy (non-hydrogen) atoms. The van der Waals surface area contributed by atoms with Gasteiger partial charge in [0.15, 0.2) is 5.96 Å². The van der Waals surface area contributed by atoms with Crippen molar-refractivity contribution in [1.82, 2.24) is 9.21 Å². The summed E-state index contributed by atoms with van der Waals surface area (Å²) in [4.78, 5) is 32.8. The number of nitrogens with one attached hydrogen (secondary N) is 1. The fourth-order valence-electron chi connectivity index (χ4n) is 5.24. The summed E-state index contributed by atoms with van der Waals surface area (Å²) in [6.45, 7) is 5.45. The molecule has 1 aromatic rings. The van der Waals surface area contributed by atoms with Crippen LogP contribution in [0.5, 0.6) is 0 Å². The number of nitrogens with two attached hydrogens (primary N) is 2. The number of fused-ring (bicyclic) bond motifs is 2. The number of carbonyl (C=O) groups excluding carboxylic acids is 2. The Labute approximate surface area is 200 Å². The molecule has 3 aliphatic rings. The van der Waals surface area contributed by atoms with E-state index in [2.05, 4.69) is 17.2 Å². The predicted molar refractivity (Wildman–Crippen MR) is 129 cm³/mol. The minimum Gasteiger partial charge on any atom is -0.383 e. The average Bonchev–Trinajstić information content (AvgIpc) is 2.78. The first-order valence-corrected chi connectivity index (χ1v) is 13.3. The van der Waals surface area contributed by atoms with Gasteiger partial charge in [0.2, 0.25) is 5.91 Å². The molecule has 3 heterocycles. The molecule has 0 radical (unpaired) electrons. The van der Waals surface area contributed by atoms with Crippen LogP contribution in [0.1, 0.15) is 45.1 Å². The van der Waals surface area contributed by atoms with Crippen molar-refractivity contribution in [2.24, 2.45) is 28.3 Å². The number of aliphatic imine (C=N–C) groups is 1. The van der Waals surface area contributed by atoms with Gasteiger partial charge in [0, 0.05) is 19.6 Å². The van der Waals surface area contributed by atoms with Gasteiger partial charge in [-0.05, 0) is 55.6 Å². The van der Waals surface area contributed by atoms with Crippen molar-refractivity contribution in [3.63, 3.8) is 0 Å². The molecule has 0 aromatic heterocycles. The largest absolute Gasteiger partial charge is 0.383 e. The summed E-state index contributed by atoms with van der Waals surface area (Å²) in [5.41, 5.74) is 12.2. The fourth-order valence-corrected chi connectivity index (χ4v) is 7.06. The Balaban J connectivity index is 1.74. The molecule has 2 fully saturated rings. The number of nitrogens with zero attached hydrogens (tertiary/aromatic N) is 3. The first-order valence-electron chi connectivity index (χ1n) is 11.9. The van der Waals surface area contributed by atoms with E-state index in [1.165, 1.54) is 6.07 Å². The van der Waals surface area contributed by atoms with Crippen LogP contribution >= 0.6 is 0 Å². The molecule has 2 saturated heterocycles. The van der Waals surface area contributed by atoms with Crippen LogP contribution in [0.2, 0.25) is 0 Å². The highest BCUT2D eigenvalue weighted by atomic mass is 32.2. The summed E-state index contributed by atoms with van der Waals surface area (Å²) in [5.74, 6) is -0.328. The average molecular weight is 491 g/mol. The van der Waals surface area contributed by atoms with E-state index in [1.54, 1.807) is 11.0 Å². The Morgan fingerprint density at radius 1 is 1.18 bits per heavy atom. The lowest BCUT2D eigenvalue weighted by atomic mass is 9.89. The molecule has 4 unspecified atom stereocenters. The van der Waals surface area contributed by atoms with Gasteiger partial charge in [-0.15, -0.1) is 0 Å². The molecule has 0 aliphatic carbocycles. The maximum absolute atomic E-state index is 14.0. The van der Waals surface area contributed by atoms with Crippen molar-refractivity contribution < 1.29 is 18.0 Å². The van der Waals surface area contributed by atoms with Crippen molar-refractivity contribution in [3.8, 4) is 0 Å². The van der Waals surface area contributed by atoms with Gasteiger partial charge in [0.25, 0.3) is 15.9 Å². The summed E-state index contributed by atoms with van der Waals surface area (Å²) in [6.07, 6.45) is 2.51. The van der Waals surface area contributed by atoms with E-state index < -0.39 is 28.0 Å². The van der Waals surface area contributed by atoms with Crippen molar-refractivity contribution in [1.29, 1.82) is 0 Å². The number of rotatable bonds is 6. The molecule has 4 atom stereocenters. The van der Waals surface area contributed by atoms with Crippen LogP contribution in [0.4, 0.5) is 5.69 Å². The van der Waals surface area contributed by atoms with Crippen molar-refractivity contribution >= 4 is 33.5 Å². The number of carbonyl (C=O) groups is 2. The van der Waals surface area contributed by atoms with Gasteiger partial charge in [-0.3, -0.25) is 14.6 Å². The molecule has 186 valence electrons. The minimum atomic E-state index is -4.29. The normalized spacial score (nSPS) is 27.0. The number of hydrogen-bond acceptors (Lipinski definition) is 6. The summed E-state index contributed by atoms with van der Waals surface area (Å²) in [7, 11) is -4.29. The van der Waals surface area contributed by atoms with Gasteiger partial charge >= 0.3 is 0 Å². The zero-order valence-corrected chi connectivity index (χ0v) is 20.6. The molecule has 0 bridgehead atoms. The van der Waals surface area contributed by atoms with Crippen LogP contribution < -0.4 is 16.8 Å². The molecule has 2 amide bonds. The van der Waals surface area contributed by atoms with Crippen LogP contribution in [-0.2, 0) is 26.0 Å². The first-order chi connectivity index (χ1) is 16.1. The second kappa shape index (κ2) is 9.44. The van der Waals surface area contributed by atoms with E-state index in [1.807, 2.05) is 13.0 Å². The second-order valence-corrected chi connectivity index (χ2v) is 11.5. The van der Waals surface area contributed by atoms with Crippen molar-refractivity contribution in [2.45, 2.75) is 62.9 Å². The molecule has 11 heteroatoms. The van der Waals surface area contributed by atoms with Crippen LogP contribution in [-0.4, -0.2) is 67.1 Å². The van der Waals surface area contributed by atoms with Gasteiger partial charge < -0.3 is 21.7 Å². The summed E-state index contributed by atoms with van der Waals surface area (Å²) < 4.78 is 28.9. The molecule has 4 rings (SSSR count). The highest BCUT2D eigenvalue weighted by Gasteiger charge is 2.52. The number of piperazine rings is 1. The van der Waals surface area contributed by atoms with E-state index in [0.717, 1.165) is 22.7 Å². The SMILES string of the molecule is CC1CNc2c(cccc2S(=O)(=O)N2C(=O)C3CC(C)CCN3C(=O)C2CCCN=C(N)N)C1. The number of hydrogen-bond donors (Lipinski definition) is 3. The lowest BCUT2D eigenvalue weighted by Crippen LogP contribution is -2.67. The van der Waals surface area contributed by atoms with Crippen molar-refractivity contribution in [3.05, 3.63) is 23.8 Å². The molecule has 10 nitrogen and oxygen atoms in total. The monoisotopic (exact) mass is 490 g/mol. The second-order valence-electron chi connectivity index (χ2n) is 9.76. The fraction of sp³-hybridized carbons (Fsp3) is 0.609. The number of benzene rings is 1. The van der Waals surface area contributed by atoms with Crippen LogP contribution in [0.3, 0.4) is 0 Å². The summed E-state index contributed by atoms with van der Waals surface area (Å²) in [5, 5.41) is 3.24. The minimum absolute atomic E-state index is 0.0459. The maximum Gasteiger partial charge on any atom is 0.269 e. The maximum atomic E-state index is 14.0. The number of amides is 2. The van der Waals surface area contributed by atoms with Gasteiger partial charge in [-0.25, -0.2) is 12.7 Å². The number of piperidine rings is 1. The molecule has 1 aromatic carbocycles. The molecule has 3 aliphatic heterocycles. The third kappa shape index (κ3) is 4.45. The first kappa shape index (κ1) is 24.3. The lowest BCUT2D eigenvalue weighted by molar-refractivity contribution is -0.159. The highest BCUT2D eigenvalue weighted by molar-refractivity contribution is 7.90. The lowest BCUT2D eigenvalue weighted by Gasteiger charge is -2.47. The zero-order valence-electron chi connectivity index (χ0n) is 19.7. The topological polar surface area (TPSA) is 151 Å². The van der Waals surface area contributed by atoms with Gasteiger partial charge in [-0.1, -0.05) is 26.0 Å². The highest BCUT2D eigenvalue weighted by Crippen LogP contribution is 2.38. The number of sulfonamides is 1. The van der Waals surface area contributed by atoms with Gasteiger partial charge in [0.1, 0.15) is 17.0 Å². The Morgan fingerprint density at radius 3 is 2.68 bits per heavy atom. The van der Waals surface area contributed by atoms with Gasteiger partial charge in [0.05, 0.1) is 5.69 Å². The van der Waals surface area contributed by atoms with E-state index in [-0.39, 0.29) is 35.6 Å². The van der Waals surface area contributed by atoms with Gasteiger partial charge in [-0.2, -0.15) is 0 Å². The zero-order chi connectivity index (χ0) is 24.6. The number of guanidine groups is 1. The summed E-state index contributed by atoms with van der Waals surface area (Å²) in [6, 6.07) is 3.24. The van der Waals surface area contributed by atoms with E-state index in [0.29, 0.717) is 37.5 Å². The van der Waals surface area contributed by atoms with E-state index >= 15 is 0 Å². The Hall–Kier alpha value is -2.82. The molecule has 0 spiro atoms. The molecular formula is C23H34N6O4S. The quantitative estimate of drug-likeness (QED) is 0.304. The third-order valence-corrected chi connectivity index (χ3v) is 8.84. The van der Waals surface area contributed by atoms with Crippen LogP contribution in [0.25, 0.3) is 0 Å². The molecular weight excluding hydrogens is 456 g/mol. The Kier molecular flexibility index (Phi) is 6.75. The standard InChI is InChI=1S/C23H34N6O4S/c1-14-8-10-28-18(12-14)22(31)29(17(21(28)30)6-4-9-26-23(24)25)34(32,33)19-7-3-5-16-11-15(2)13-27-20(16)19/h3,5,7,14-15,17-18,27H,4,6,8-13H2,1-2H3,(H4,24,25,26).